The normalized spacial score (nSPS) is 13.2. The predicted molar refractivity (Wildman–Crippen MR) is 101 cm³/mol. The summed E-state index contributed by atoms with van der Waals surface area (Å²) in [4.78, 5) is 12.3. The first-order chi connectivity index (χ1) is 12.5. The number of rotatable bonds is 10. The average Bonchev–Trinajstić information content (AvgIpc) is 2.62. The zero-order valence-corrected chi connectivity index (χ0v) is 15.1. The molecule has 2 aromatic rings. The Labute approximate surface area is 154 Å². The fourth-order valence-corrected chi connectivity index (χ4v) is 2.65. The maximum Gasteiger partial charge on any atom is 0.220 e. The third kappa shape index (κ3) is 7.68. The molecule has 2 aromatic carbocycles. The van der Waals surface area contributed by atoms with Crippen molar-refractivity contribution < 1.29 is 19.7 Å². The van der Waals surface area contributed by atoms with Crippen molar-refractivity contribution >= 4 is 5.91 Å². The van der Waals surface area contributed by atoms with Crippen LogP contribution in [0.15, 0.2) is 54.6 Å². The highest BCUT2D eigenvalue weighted by Gasteiger charge is 2.14. The molecule has 0 aliphatic carbocycles. The monoisotopic (exact) mass is 357 g/mol. The highest BCUT2D eigenvalue weighted by molar-refractivity contribution is 5.76. The van der Waals surface area contributed by atoms with Crippen LogP contribution in [0.25, 0.3) is 0 Å². The molecule has 2 atom stereocenters. The second-order valence-electron chi connectivity index (χ2n) is 6.51. The van der Waals surface area contributed by atoms with Gasteiger partial charge in [-0.05, 0) is 43.0 Å². The summed E-state index contributed by atoms with van der Waals surface area (Å²) in [6, 6.07) is 16.6. The molecule has 140 valence electrons. The van der Waals surface area contributed by atoms with Gasteiger partial charge in [-0.3, -0.25) is 4.79 Å². The minimum Gasteiger partial charge on any atom is -0.508 e. The number of nitrogens with one attached hydrogen (secondary N) is 1. The summed E-state index contributed by atoms with van der Waals surface area (Å²) >= 11 is 0. The largest absolute Gasteiger partial charge is 0.508 e. The number of hydrogen-bond donors (Lipinski definition) is 3. The van der Waals surface area contributed by atoms with E-state index in [1.165, 1.54) is 0 Å². The van der Waals surface area contributed by atoms with E-state index in [0.717, 1.165) is 11.1 Å². The number of carbonyl (C=O) groups excluding carboxylic acids is 1. The number of aliphatic hydroxyl groups is 1. The second kappa shape index (κ2) is 10.6. The van der Waals surface area contributed by atoms with E-state index in [-0.39, 0.29) is 24.3 Å². The van der Waals surface area contributed by atoms with Gasteiger partial charge in [0.1, 0.15) is 5.75 Å². The Balaban J connectivity index is 1.88. The van der Waals surface area contributed by atoms with E-state index in [1.807, 2.05) is 42.5 Å². The molecule has 0 bridgehead atoms. The van der Waals surface area contributed by atoms with Gasteiger partial charge in [0.2, 0.25) is 5.91 Å². The Hall–Kier alpha value is -2.37. The third-order valence-electron chi connectivity index (χ3n) is 3.95. The summed E-state index contributed by atoms with van der Waals surface area (Å²) in [6.07, 6.45) is 1.15. The van der Waals surface area contributed by atoms with E-state index >= 15 is 0 Å². The van der Waals surface area contributed by atoms with E-state index in [0.29, 0.717) is 25.9 Å². The summed E-state index contributed by atoms with van der Waals surface area (Å²) in [6.45, 7) is 2.21. The molecular weight excluding hydrogens is 330 g/mol. The molecule has 0 saturated carbocycles. The molecule has 0 aliphatic heterocycles. The lowest BCUT2D eigenvalue weighted by Crippen LogP contribution is -2.40. The summed E-state index contributed by atoms with van der Waals surface area (Å²) in [5.41, 5.74) is 2.12. The summed E-state index contributed by atoms with van der Waals surface area (Å²) in [7, 11) is 0. The van der Waals surface area contributed by atoms with E-state index in [2.05, 4.69) is 5.32 Å². The highest BCUT2D eigenvalue weighted by atomic mass is 16.5. The zero-order valence-electron chi connectivity index (χ0n) is 15.1. The number of phenolic OH excluding ortho intramolecular Hbond substituents is 1. The van der Waals surface area contributed by atoms with Gasteiger partial charge in [-0.2, -0.15) is 0 Å². The molecule has 0 fully saturated rings. The quantitative estimate of drug-likeness (QED) is 0.610. The Morgan fingerprint density at radius 2 is 1.73 bits per heavy atom. The number of aromatic hydroxyl groups is 1. The standard InChI is InChI=1S/C21H27NO4/c1-16(23)14-26-15-19(13-18-7-10-20(24)11-8-18)22-21(25)12-9-17-5-3-2-4-6-17/h2-8,10-11,16,19,23-24H,9,12-15H2,1H3,(H,22,25)/t16?,19-/m1/s1. The molecule has 5 heteroatoms. The van der Waals surface area contributed by atoms with Crippen molar-refractivity contribution in [2.75, 3.05) is 13.2 Å². The molecule has 26 heavy (non-hydrogen) atoms. The van der Waals surface area contributed by atoms with Crippen molar-refractivity contribution in [1.29, 1.82) is 0 Å². The number of amides is 1. The smallest absolute Gasteiger partial charge is 0.220 e. The molecule has 5 nitrogen and oxygen atoms in total. The fourth-order valence-electron chi connectivity index (χ4n) is 2.65. The van der Waals surface area contributed by atoms with Crippen molar-refractivity contribution in [3.8, 4) is 5.75 Å². The van der Waals surface area contributed by atoms with Crippen LogP contribution < -0.4 is 5.32 Å². The fraction of sp³-hybridized carbons (Fsp3) is 0.381. The van der Waals surface area contributed by atoms with Crippen LogP contribution in [0.5, 0.6) is 5.75 Å². The SMILES string of the molecule is CC(O)COC[C@@H](Cc1ccc(O)cc1)NC(=O)CCc1ccccc1. The maximum atomic E-state index is 12.3. The van der Waals surface area contributed by atoms with Gasteiger partial charge >= 0.3 is 0 Å². The Bertz CT molecular complexity index is 655. The van der Waals surface area contributed by atoms with Crippen LogP contribution >= 0.6 is 0 Å². The number of benzene rings is 2. The molecule has 0 saturated heterocycles. The minimum absolute atomic E-state index is 0.0294. The van der Waals surface area contributed by atoms with Crippen molar-refractivity contribution in [2.45, 2.75) is 38.3 Å². The predicted octanol–water partition coefficient (Wildman–Crippen LogP) is 2.45. The minimum atomic E-state index is -0.543. The van der Waals surface area contributed by atoms with Crippen LogP contribution in [-0.2, 0) is 22.4 Å². The zero-order chi connectivity index (χ0) is 18.8. The van der Waals surface area contributed by atoms with Crippen LogP contribution in [0.3, 0.4) is 0 Å². The average molecular weight is 357 g/mol. The number of carbonyl (C=O) groups is 1. The summed E-state index contributed by atoms with van der Waals surface area (Å²) < 4.78 is 5.50. The van der Waals surface area contributed by atoms with E-state index in [9.17, 15) is 15.0 Å². The van der Waals surface area contributed by atoms with Gasteiger partial charge < -0.3 is 20.3 Å². The number of aryl methyl sites for hydroxylation is 1. The number of ether oxygens (including phenoxy) is 1. The first-order valence-corrected chi connectivity index (χ1v) is 8.90. The van der Waals surface area contributed by atoms with Gasteiger partial charge in [0.05, 0.1) is 25.4 Å². The Kier molecular flexibility index (Phi) is 8.12. The first kappa shape index (κ1) is 19.9. The second-order valence-corrected chi connectivity index (χ2v) is 6.51. The highest BCUT2D eigenvalue weighted by Crippen LogP contribution is 2.12. The molecule has 0 aliphatic rings. The lowest BCUT2D eigenvalue weighted by Gasteiger charge is -2.20. The van der Waals surface area contributed by atoms with Crippen molar-refractivity contribution in [1.82, 2.24) is 5.32 Å². The molecule has 1 amide bonds. The lowest BCUT2D eigenvalue weighted by molar-refractivity contribution is -0.122. The molecule has 3 N–H and O–H groups in total. The van der Waals surface area contributed by atoms with Crippen molar-refractivity contribution in [2.24, 2.45) is 0 Å². The van der Waals surface area contributed by atoms with Crippen LogP contribution in [0.4, 0.5) is 0 Å². The summed E-state index contributed by atoms with van der Waals surface area (Å²) in [5, 5.41) is 21.7. The van der Waals surface area contributed by atoms with E-state index in [1.54, 1.807) is 19.1 Å². The maximum absolute atomic E-state index is 12.3. The molecule has 1 unspecified atom stereocenters. The van der Waals surface area contributed by atoms with Gasteiger partial charge in [0, 0.05) is 6.42 Å². The van der Waals surface area contributed by atoms with Gasteiger partial charge in [0.25, 0.3) is 0 Å². The third-order valence-corrected chi connectivity index (χ3v) is 3.95. The topological polar surface area (TPSA) is 78.8 Å². The summed E-state index contributed by atoms with van der Waals surface area (Å²) in [5.74, 6) is 0.181. The van der Waals surface area contributed by atoms with Crippen molar-refractivity contribution in [3.63, 3.8) is 0 Å². The van der Waals surface area contributed by atoms with E-state index < -0.39 is 6.10 Å². The van der Waals surface area contributed by atoms with Gasteiger partial charge in [-0.1, -0.05) is 42.5 Å². The van der Waals surface area contributed by atoms with Crippen LogP contribution in [0.1, 0.15) is 24.5 Å². The van der Waals surface area contributed by atoms with Crippen LogP contribution in [0.2, 0.25) is 0 Å². The molecule has 2 rings (SSSR count). The van der Waals surface area contributed by atoms with E-state index in [4.69, 9.17) is 4.74 Å². The molecule has 0 aromatic heterocycles. The Morgan fingerprint density at radius 1 is 1.04 bits per heavy atom. The van der Waals surface area contributed by atoms with Crippen LogP contribution in [-0.4, -0.2) is 41.5 Å². The lowest BCUT2D eigenvalue weighted by atomic mass is 10.1. The Morgan fingerprint density at radius 3 is 2.38 bits per heavy atom. The number of phenols is 1. The molecular formula is C21H27NO4. The molecule has 0 radical (unpaired) electrons. The molecule has 0 spiro atoms. The van der Waals surface area contributed by atoms with Gasteiger partial charge in [-0.25, -0.2) is 0 Å². The number of aliphatic hydroxyl groups excluding tert-OH is 1. The van der Waals surface area contributed by atoms with Gasteiger partial charge in [-0.15, -0.1) is 0 Å². The molecule has 0 heterocycles. The van der Waals surface area contributed by atoms with Crippen molar-refractivity contribution in [3.05, 3.63) is 65.7 Å². The van der Waals surface area contributed by atoms with Crippen LogP contribution in [0, 0.1) is 0 Å². The first-order valence-electron chi connectivity index (χ1n) is 8.90. The number of hydrogen-bond acceptors (Lipinski definition) is 4. The van der Waals surface area contributed by atoms with Gasteiger partial charge in [0.15, 0.2) is 0 Å².